The second kappa shape index (κ2) is 10.2. The summed E-state index contributed by atoms with van der Waals surface area (Å²) in [6.45, 7) is 6.04. The highest BCUT2D eigenvalue weighted by atomic mass is 32.2. The van der Waals surface area contributed by atoms with Gasteiger partial charge in [0.1, 0.15) is 0 Å². The third-order valence-electron chi connectivity index (χ3n) is 5.42. The quantitative estimate of drug-likeness (QED) is 0.332. The van der Waals surface area contributed by atoms with Crippen molar-refractivity contribution < 1.29 is 4.74 Å². The first-order chi connectivity index (χ1) is 12.8. The third-order valence-corrected chi connectivity index (χ3v) is 6.43. The van der Waals surface area contributed by atoms with Gasteiger partial charge in [0.05, 0.1) is 0 Å². The Balaban J connectivity index is 1.44. The van der Waals surface area contributed by atoms with Crippen LogP contribution in [0.25, 0.3) is 0 Å². The Morgan fingerprint density at radius 1 is 1.15 bits per heavy atom. The SMILES string of the molecule is CN=C(NCCSc1ccccc1)NCC1(N2CCCC2)CCOCC1. The van der Waals surface area contributed by atoms with Crippen LogP contribution in [-0.4, -0.2) is 68.6 Å². The van der Waals surface area contributed by atoms with E-state index in [2.05, 4.69) is 50.9 Å². The van der Waals surface area contributed by atoms with Crippen molar-refractivity contribution in [2.75, 3.05) is 52.2 Å². The van der Waals surface area contributed by atoms with Crippen molar-refractivity contribution in [3.63, 3.8) is 0 Å². The van der Waals surface area contributed by atoms with Crippen LogP contribution in [0.3, 0.4) is 0 Å². The zero-order valence-corrected chi connectivity index (χ0v) is 16.7. The number of likely N-dealkylation sites (tertiary alicyclic amines) is 1. The molecule has 0 saturated carbocycles. The Kier molecular flexibility index (Phi) is 7.65. The van der Waals surface area contributed by atoms with Gasteiger partial charge in [-0.05, 0) is 50.9 Å². The number of hydrogen-bond acceptors (Lipinski definition) is 4. The molecule has 0 atom stereocenters. The minimum absolute atomic E-state index is 0.227. The predicted octanol–water partition coefficient (Wildman–Crippen LogP) is 2.59. The van der Waals surface area contributed by atoms with Crippen molar-refractivity contribution in [3.8, 4) is 0 Å². The molecular formula is C20H32N4OS. The van der Waals surface area contributed by atoms with E-state index >= 15 is 0 Å². The Morgan fingerprint density at radius 2 is 1.88 bits per heavy atom. The van der Waals surface area contributed by atoms with E-state index < -0.39 is 0 Å². The number of rotatable bonds is 7. The van der Waals surface area contributed by atoms with Crippen LogP contribution >= 0.6 is 11.8 Å². The van der Waals surface area contributed by atoms with Crippen LogP contribution < -0.4 is 10.6 Å². The highest BCUT2D eigenvalue weighted by Crippen LogP contribution is 2.30. The normalized spacial score (nSPS) is 20.9. The number of thioether (sulfide) groups is 1. The van der Waals surface area contributed by atoms with Crippen molar-refractivity contribution in [2.45, 2.75) is 36.1 Å². The first-order valence-corrected chi connectivity index (χ1v) is 10.8. The summed E-state index contributed by atoms with van der Waals surface area (Å²) < 4.78 is 5.64. The van der Waals surface area contributed by atoms with Gasteiger partial charge < -0.3 is 15.4 Å². The van der Waals surface area contributed by atoms with Crippen LogP contribution in [-0.2, 0) is 4.74 Å². The first kappa shape index (κ1) is 19.5. The summed E-state index contributed by atoms with van der Waals surface area (Å²) in [4.78, 5) is 8.40. The summed E-state index contributed by atoms with van der Waals surface area (Å²) in [5.74, 6) is 1.93. The van der Waals surface area contributed by atoms with Crippen LogP contribution in [0.15, 0.2) is 40.2 Å². The highest BCUT2D eigenvalue weighted by Gasteiger charge is 2.39. The fourth-order valence-electron chi connectivity index (χ4n) is 3.87. The molecular weight excluding hydrogens is 344 g/mol. The van der Waals surface area contributed by atoms with Gasteiger partial charge in [-0.15, -0.1) is 11.8 Å². The van der Waals surface area contributed by atoms with Gasteiger partial charge >= 0.3 is 0 Å². The van der Waals surface area contributed by atoms with Crippen LogP contribution in [0.4, 0.5) is 0 Å². The lowest BCUT2D eigenvalue weighted by atomic mass is 9.88. The van der Waals surface area contributed by atoms with Crippen molar-refractivity contribution >= 4 is 17.7 Å². The minimum atomic E-state index is 0.227. The number of aliphatic imine (C=N–C) groups is 1. The van der Waals surface area contributed by atoms with E-state index in [1.165, 1.54) is 30.8 Å². The Morgan fingerprint density at radius 3 is 2.58 bits per heavy atom. The van der Waals surface area contributed by atoms with Gasteiger partial charge in [-0.2, -0.15) is 0 Å². The smallest absolute Gasteiger partial charge is 0.191 e. The molecule has 0 unspecified atom stereocenters. The number of ether oxygens (including phenoxy) is 1. The lowest BCUT2D eigenvalue weighted by molar-refractivity contribution is -0.0164. The zero-order valence-electron chi connectivity index (χ0n) is 15.9. The molecule has 2 fully saturated rings. The maximum atomic E-state index is 5.64. The summed E-state index contributed by atoms with van der Waals surface area (Å²) in [5, 5.41) is 7.04. The van der Waals surface area contributed by atoms with E-state index in [1.807, 2.05) is 18.8 Å². The van der Waals surface area contributed by atoms with Gasteiger partial charge in [-0.25, -0.2) is 0 Å². The monoisotopic (exact) mass is 376 g/mol. The fourth-order valence-corrected chi connectivity index (χ4v) is 4.66. The molecule has 1 aromatic rings. The van der Waals surface area contributed by atoms with Crippen LogP contribution in [0.1, 0.15) is 25.7 Å². The molecule has 0 aromatic heterocycles. The second-order valence-electron chi connectivity index (χ2n) is 7.04. The van der Waals surface area contributed by atoms with Crippen molar-refractivity contribution in [1.82, 2.24) is 15.5 Å². The molecule has 2 saturated heterocycles. The Hall–Kier alpha value is -1.24. The maximum Gasteiger partial charge on any atom is 0.191 e. The maximum absolute atomic E-state index is 5.64. The molecule has 0 bridgehead atoms. The lowest BCUT2D eigenvalue weighted by Gasteiger charge is -2.45. The van der Waals surface area contributed by atoms with Crippen LogP contribution in [0.5, 0.6) is 0 Å². The summed E-state index contributed by atoms with van der Waals surface area (Å²) >= 11 is 1.87. The van der Waals surface area contributed by atoms with Crippen molar-refractivity contribution in [2.24, 2.45) is 4.99 Å². The van der Waals surface area contributed by atoms with Gasteiger partial charge in [0.25, 0.3) is 0 Å². The van der Waals surface area contributed by atoms with E-state index in [1.54, 1.807) is 0 Å². The first-order valence-electron chi connectivity index (χ1n) is 9.78. The van der Waals surface area contributed by atoms with E-state index in [4.69, 9.17) is 4.74 Å². The Bertz CT molecular complexity index is 554. The molecule has 0 radical (unpaired) electrons. The summed E-state index contributed by atoms with van der Waals surface area (Å²) in [6, 6.07) is 10.5. The molecule has 5 nitrogen and oxygen atoms in total. The number of benzene rings is 1. The molecule has 0 aliphatic carbocycles. The molecule has 2 aliphatic rings. The number of nitrogens with one attached hydrogen (secondary N) is 2. The third kappa shape index (κ3) is 5.38. The zero-order chi connectivity index (χ0) is 18.1. The number of guanidine groups is 1. The highest BCUT2D eigenvalue weighted by molar-refractivity contribution is 7.99. The molecule has 0 amide bonds. The van der Waals surface area contributed by atoms with Gasteiger partial charge in [0.15, 0.2) is 5.96 Å². The molecule has 1 aromatic carbocycles. The molecule has 144 valence electrons. The lowest BCUT2D eigenvalue weighted by Crippen LogP contribution is -2.58. The summed E-state index contributed by atoms with van der Waals surface area (Å²) in [7, 11) is 1.85. The van der Waals surface area contributed by atoms with E-state index in [-0.39, 0.29) is 5.54 Å². The van der Waals surface area contributed by atoms with Gasteiger partial charge in [0.2, 0.25) is 0 Å². The second-order valence-corrected chi connectivity index (χ2v) is 8.21. The Labute approximate surface area is 162 Å². The average molecular weight is 377 g/mol. The van der Waals surface area contributed by atoms with Gasteiger partial charge in [-0.1, -0.05) is 18.2 Å². The summed E-state index contributed by atoms with van der Waals surface area (Å²) in [6.07, 6.45) is 4.88. The molecule has 0 spiro atoms. The van der Waals surface area contributed by atoms with Crippen LogP contribution in [0, 0.1) is 0 Å². The molecule has 26 heavy (non-hydrogen) atoms. The molecule has 2 aliphatic heterocycles. The number of hydrogen-bond donors (Lipinski definition) is 2. The molecule has 2 N–H and O–H groups in total. The topological polar surface area (TPSA) is 48.9 Å². The van der Waals surface area contributed by atoms with Crippen molar-refractivity contribution in [3.05, 3.63) is 30.3 Å². The van der Waals surface area contributed by atoms with Crippen molar-refractivity contribution in [1.29, 1.82) is 0 Å². The summed E-state index contributed by atoms with van der Waals surface area (Å²) in [5.41, 5.74) is 0.227. The predicted molar refractivity (Wildman–Crippen MR) is 110 cm³/mol. The van der Waals surface area contributed by atoms with E-state index in [9.17, 15) is 0 Å². The van der Waals surface area contributed by atoms with Gasteiger partial charge in [-0.3, -0.25) is 9.89 Å². The van der Waals surface area contributed by atoms with E-state index in [0.717, 1.165) is 50.9 Å². The minimum Gasteiger partial charge on any atom is -0.381 e. The van der Waals surface area contributed by atoms with Crippen LogP contribution in [0.2, 0.25) is 0 Å². The molecule has 2 heterocycles. The average Bonchev–Trinajstić information content (AvgIpc) is 3.24. The largest absolute Gasteiger partial charge is 0.381 e. The molecule has 3 rings (SSSR count). The standard InChI is InChI=1S/C20H32N4OS/c1-21-19(22-11-16-26-18-7-3-2-4-8-18)23-17-20(9-14-25-15-10-20)24-12-5-6-13-24/h2-4,7-8H,5-6,9-17H2,1H3,(H2,21,22,23). The van der Waals surface area contributed by atoms with E-state index in [0.29, 0.717) is 0 Å². The fraction of sp³-hybridized carbons (Fsp3) is 0.650. The van der Waals surface area contributed by atoms with Gasteiger partial charge in [0, 0.05) is 49.5 Å². The molecule has 6 heteroatoms. The number of nitrogens with zero attached hydrogens (tertiary/aromatic N) is 2.